The highest BCUT2D eigenvalue weighted by Crippen LogP contribution is 2.37. The van der Waals surface area contributed by atoms with E-state index in [4.69, 9.17) is 5.73 Å². The summed E-state index contributed by atoms with van der Waals surface area (Å²) in [6, 6.07) is 3.46. The van der Waals surface area contributed by atoms with Crippen LogP contribution in [0.4, 0.5) is 4.39 Å². The van der Waals surface area contributed by atoms with Crippen molar-refractivity contribution in [3.8, 4) is 0 Å². The molecule has 2 N–H and O–H groups in total. The molecule has 1 aromatic rings. The maximum absolute atomic E-state index is 13.5. The van der Waals surface area contributed by atoms with Crippen LogP contribution < -0.4 is 5.73 Å². The van der Waals surface area contributed by atoms with Gasteiger partial charge >= 0.3 is 0 Å². The third kappa shape index (κ3) is 2.54. The first-order valence-corrected chi connectivity index (χ1v) is 6.68. The second-order valence-electron chi connectivity index (χ2n) is 4.89. The number of halogens is 2. The lowest BCUT2D eigenvalue weighted by atomic mass is 9.96. The minimum absolute atomic E-state index is 0.179. The van der Waals surface area contributed by atoms with Gasteiger partial charge in [0.25, 0.3) is 0 Å². The zero-order valence-corrected chi connectivity index (χ0v) is 11.8. The van der Waals surface area contributed by atoms with Crippen LogP contribution in [0.3, 0.4) is 0 Å². The molecule has 0 aliphatic carbocycles. The summed E-state index contributed by atoms with van der Waals surface area (Å²) in [5.41, 5.74) is 7.93. The third-order valence-electron chi connectivity index (χ3n) is 3.68. The van der Waals surface area contributed by atoms with Crippen LogP contribution in [-0.2, 0) is 0 Å². The van der Waals surface area contributed by atoms with E-state index in [1.165, 1.54) is 6.07 Å². The lowest BCUT2D eigenvalue weighted by Gasteiger charge is -2.22. The van der Waals surface area contributed by atoms with Gasteiger partial charge in [-0.15, -0.1) is 0 Å². The number of rotatable bonds is 2. The molecule has 1 heterocycles. The standard InChI is InChI=1S/C13H18BrFN2/c1-8-11(4-10(15)5-12(8)14)13-3-9(6-16)7-17(13)2/h4-5,9,13H,3,6-7,16H2,1-2H3. The Morgan fingerprint density at radius 1 is 1.53 bits per heavy atom. The van der Waals surface area contributed by atoms with Gasteiger partial charge in [-0.3, -0.25) is 4.90 Å². The summed E-state index contributed by atoms with van der Waals surface area (Å²) in [6.45, 7) is 3.73. The predicted octanol–water partition coefficient (Wildman–Crippen LogP) is 2.85. The zero-order valence-electron chi connectivity index (χ0n) is 10.2. The Balaban J connectivity index is 2.34. The van der Waals surface area contributed by atoms with Crippen molar-refractivity contribution in [3.05, 3.63) is 33.5 Å². The van der Waals surface area contributed by atoms with Crippen LogP contribution in [-0.4, -0.2) is 25.0 Å². The van der Waals surface area contributed by atoms with Crippen LogP contribution in [0.1, 0.15) is 23.6 Å². The van der Waals surface area contributed by atoms with Gasteiger partial charge in [-0.05, 0) is 56.1 Å². The lowest BCUT2D eigenvalue weighted by Crippen LogP contribution is -2.21. The number of benzene rings is 1. The smallest absolute Gasteiger partial charge is 0.124 e. The number of nitrogens with two attached hydrogens (primary N) is 1. The number of nitrogens with zero attached hydrogens (tertiary/aromatic N) is 1. The van der Waals surface area contributed by atoms with E-state index >= 15 is 0 Å². The Kier molecular flexibility index (Phi) is 3.85. The second kappa shape index (κ2) is 5.04. The van der Waals surface area contributed by atoms with Crippen molar-refractivity contribution in [3.63, 3.8) is 0 Å². The van der Waals surface area contributed by atoms with Crippen molar-refractivity contribution in [2.45, 2.75) is 19.4 Å². The Morgan fingerprint density at radius 3 is 2.82 bits per heavy atom. The molecule has 2 unspecified atom stereocenters. The molecule has 2 rings (SSSR count). The molecule has 0 saturated carbocycles. The van der Waals surface area contributed by atoms with E-state index in [9.17, 15) is 4.39 Å². The highest BCUT2D eigenvalue weighted by molar-refractivity contribution is 9.10. The molecule has 4 heteroatoms. The summed E-state index contributed by atoms with van der Waals surface area (Å²) in [5, 5.41) is 0. The number of hydrogen-bond donors (Lipinski definition) is 1. The lowest BCUT2D eigenvalue weighted by molar-refractivity contribution is 0.312. The van der Waals surface area contributed by atoms with Crippen LogP contribution in [0.5, 0.6) is 0 Å². The average Bonchev–Trinajstić information content (AvgIpc) is 2.65. The van der Waals surface area contributed by atoms with Gasteiger partial charge in [0.05, 0.1) is 0 Å². The fourth-order valence-corrected chi connectivity index (χ4v) is 3.10. The minimum atomic E-state index is -0.179. The summed E-state index contributed by atoms with van der Waals surface area (Å²) in [5.74, 6) is 0.341. The fraction of sp³-hybridized carbons (Fsp3) is 0.538. The van der Waals surface area contributed by atoms with Crippen molar-refractivity contribution in [1.82, 2.24) is 4.90 Å². The molecule has 0 radical (unpaired) electrons. The zero-order chi connectivity index (χ0) is 12.6. The molecule has 0 spiro atoms. The summed E-state index contributed by atoms with van der Waals surface area (Å²) in [7, 11) is 2.08. The van der Waals surface area contributed by atoms with E-state index in [1.54, 1.807) is 6.07 Å². The van der Waals surface area contributed by atoms with Gasteiger partial charge in [0.15, 0.2) is 0 Å². The largest absolute Gasteiger partial charge is 0.330 e. The van der Waals surface area contributed by atoms with E-state index < -0.39 is 0 Å². The second-order valence-corrected chi connectivity index (χ2v) is 5.75. The van der Waals surface area contributed by atoms with Gasteiger partial charge < -0.3 is 5.73 Å². The van der Waals surface area contributed by atoms with Gasteiger partial charge in [0, 0.05) is 17.1 Å². The molecule has 0 amide bonds. The highest BCUT2D eigenvalue weighted by atomic mass is 79.9. The molecule has 1 aliphatic rings. The Hall–Kier alpha value is -0.450. The SMILES string of the molecule is Cc1c(Br)cc(F)cc1C1CC(CN)CN1C. The molecule has 1 saturated heterocycles. The van der Waals surface area contributed by atoms with Crippen molar-refractivity contribution >= 4 is 15.9 Å². The maximum atomic E-state index is 13.5. The topological polar surface area (TPSA) is 29.3 Å². The Bertz CT molecular complexity index is 422. The fourth-order valence-electron chi connectivity index (χ4n) is 2.65. The predicted molar refractivity (Wildman–Crippen MR) is 71.4 cm³/mol. The summed E-state index contributed by atoms with van der Waals surface area (Å²) in [4.78, 5) is 2.27. The molecule has 0 bridgehead atoms. The number of hydrogen-bond acceptors (Lipinski definition) is 2. The van der Waals surface area contributed by atoms with Crippen LogP contribution in [0.15, 0.2) is 16.6 Å². The highest BCUT2D eigenvalue weighted by Gasteiger charge is 2.31. The molecule has 2 atom stereocenters. The molecule has 0 aromatic heterocycles. The van der Waals surface area contributed by atoms with Gasteiger partial charge in [0.2, 0.25) is 0 Å². The van der Waals surface area contributed by atoms with Gasteiger partial charge in [-0.1, -0.05) is 15.9 Å². The monoisotopic (exact) mass is 300 g/mol. The molecular formula is C13H18BrFN2. The first kappa shape index (κ1) is 13.0. The van der Waals surface area contributed by atoms with Crippen molar-refractivity contribution < 1.29 is 4.39 Å². The molecule has 2 nitrogen and oxygen atoms in total. The third-order valence-corrected chi connectivity index (χ3v) is 4.50. The number of likely N-dealkylation sites (tertiary alicyclic amines) is 1. The van der Waals surface area contributed by atoms with Crippen molar-refractivity contribution in [2.24, 2.45) is 11.7 Å². The average molecular weight is 301 g/mol. The summed E-state index contributed by atoms with van der Waals surface area (Å²) < 4.78 is 14.3. The van der Waals surface area contributed by atoms with Crippen LogP contribution in [0, 0.1) is 18.7 Å². The van der Waals surface area contributed by atoms with E-state index in [0.717, 1.165) is 28.6 Å². The summed E-state index contributed by atoms with van der Waals surface area (Å²) >= 11 is 3.41. The quantitative estimate of drug-likeness (QED) is 0.910. The van der Waals surface area contributed by atoms with Crippen molar-refractivity contribution in [1.29, 1.82) is 0 Å². The normalized spacial score (nSPS) is 25.5. The molecular weight excluding hydrogens is 283 g/mol. The molecule has 1 fully saturated rings. The Labute approximate surface area is 110 Å². The Morgan fingerprint density at radius 2 is 2.24 bits per heavy atom. The van der Waals surface area contributed by atoms with E-state index in [0.29, 0.717) is 12.5 Å². The summed E-state index contributed by atoms with van der Waals surface area (Å²) in [6.07, 6.45) is 1.02. The van der Waals surface area contributed by atoms with E-state index in [2.05, 4.69) is 27.9 Å². The molecule has 1 aromatic carbocycles. The van der Waals surface area contributed by atoms with Crippen molar-refractivity contribution in [2.75, 3.05) is 20.1 Å². The maximum Gasteiger partial charge on any atom is 0.124 e. The first-order chi connectivity index (χ1) is 8.02. The van der Waals surface area contributed by atoms with Gasteiger partial charge in [0.1, 0.15) is 5.82 Å². The van der Waals surface area contributed by atoms with Gasteiger partial charge in [-0.25, -0.2) is 4.39 Å². The van der Waals surface area contributed by atoms with E-state index in [-0.39, 0.29) is 11.9 Å². The molecule has 1 aliphatic heterocycles. The molecule has 94 valence electrons. The molecule has 17 heavy (non-hydrogen) atoms. The minimum Gasteiger partial charge on any atom is -0.330 e. The van der Waals surface area contributed by atoms with Crippen LogP contribution >= 0.6 is 15.9 Å². The van der Waals surface area contributed by atoms with Crippen LogP contribution in [0.2, 0.25) is 0 Å². The van der Waals surface area contributed by atoms with E-state index in [1.807, 2.05) is 6.92 Å². The van der Waals surface area contributed by atoms with Crippen LogP contribution in [0.25, 0.3) is 0 Å². The first-order valence-electron chi connectivity index (χ1n) is 5.88. The van der Waals surface area contributed by atoms with Gasteiger partial charge in [-0.2, -0.15) is 0 Å².